The molecule has 0 saturated heterocycles. The van der Waals surface area contributed by atoms with Crippen molar-refractivity contribution in [2.45, 2.75) is 121 Å². The van der Waals surface area contributed by atoms with Gasteiger partial charge in [-0.1, -0.05) is 134 Å². The highest BCUT2D eigenvalue weighted by Crippen LogP contribution is 2.47. The Kier molecular flexibility index (Phi) is 10.9. The quantitative estimate of drug-likeness (QED) is 0.293. The van der Waals surface area contributed by atoms with Crippen LogP contribution < -0.4 is 0 Å². The van der Waals surface area contributed by atoms with E-state index in [1.807, 2.05) is 0 Å². The number of aliphatic hydroxyl groups is 1. The summed E-state index contributed by atoms with van der Waals surface area (Å²) in [6.45, 7) is 11.7. The predicted molar refractivity (Wildman–Crippen MR) is 137 cm³/mol. The number of unbranched alkanes of at least 4 members (excludes halogenated alkanes) is 3. The smallest absolute Gasteiger partial charge is 0.0713 e. The SMILES string of the molecule is C=C(c1ccccc1)C(C[Si](CCCC)(CCCC)CCCC)C1(O)CCCCC1. The van der Waals surface area contributed by atoms with Gasteiger partial charge in [0, 0.05) is 5.92 Å². The normalized spacial score (nSPS) is 17.6. The Labute approximate surface area is 188 Å². The van der Waals surface area contributed by atoms with Crippen molar-refractivity contribution in [3.8, 4) is 0 Å². The van der Waals surface area contributed by atoms with Gasteiger partial charge in [-0.3, -0.25) is 0 Å². The molecule has 170 valence electrons. The van der Waals surface area contributed by atoms with Crippen molar-refractivity contribution < 1.29 is 5.11 Å². The maximum absolute atomic E-state index is 12.0. The molecule has 1 aromatic rings. The Hall–Kier alpha value is -0.863. The molecule has 0 amide bonds. The van der Waals surface area contributed by atoms with Gasteiger partial charge in [0.2, 0.25) is 0 Å². The molecule has 0 radical (unpaired) electrons. The molecule has 2 rings (SSSR count). The predicted octanol–water partition coefficient (Wildman–Crippen LogP) is 8.86. The number of rotatable bonds is 14. The van der Waals surface area contributed by atoms with Crippen LogP contribution in [0, 0.1) is 5.92 Å². The number of benzene rings is 1. The van der Waals surface area contributed by atoms with Crippen molar-refractivity contribution in [2.75, 3.05) is 0 Å². The second-order valence-corrected chi connectivity index (χ2v) is 15.0. The van der Waals surface area contributed by atoms with Crippen LogP contribution in [0.4, 0.5) is 0 Å². The molecule has 1 atom stereocenters. The van der Waals surface area contributed by atoms with Gasteiger partial charge in [0.25, 0.3) is 0 Å². The fraction of sp³-hybridized carbons (Fsp3) is 0.714. The highest BCUT2D eigenvalue weighted by atomic mass is 28.3. The Morgan fingerprint density at radius 2 is 1.40 bits per heavy atom. The van der Waals surface area contributed by atoms with E-state index in [0.717, 1.165) is 12.8 Å². The zero-order valence-electron chi connectivity index (χ0n) is 20.2. The summed E-state index contributed by atoms with van der Waals surface area (Å²) < 4.78 is 0. The van der Waals surface area contributed by atoms with Gasteiger partial charge in [-0.05, 0) is 30.0 Å². The van der Waals surface area contributed by atoms with Crippen molar-refractivity contribution in [3.05, 3.63) is 42.5 Å². The summed E-state index contributed by atoms with van der Waals surface area (Å²) >= 11 is 0. The molecule has 0 spiro atoms. The molecule has 1 aliphatic carbocycles. The fourth-order valence-corrected chi connectivity index (χ4v) is 11.9. The largest absolute Gasteiger partial charge is 0.389 e. The van der Waals surface area contributed by atoms with Crippen LogP contribution in [0.2, 0.25) is 24.2 Å². The molecule has 1 unspecified atom stereocenters. The lowest BCUT2D eigenvalue weighted by Gasteiger charge is -2.45. The van der Waals surface area contributed by atoms with Crippen LogP contribution in [0.5, 0.6) is 0 Å². The third-order valence-electron chi connectivity index (χ3n) is 7.75. The Morgan fingerprint density at radius 1 is 0.900 bits per heavy atom. The molecule has 1 saturated carbocycles. The average Bonchev–Trinajstić information content (AvgIpc) is 2.78. The van der Waals surface area contributed by atoms with Gasteiger partial charge >= 0.3 is 0 Å². The minimum atomic E-state index is -1.47. The molecule has 30 heavy (non-hydrogen) atoms. The van der Waals surface area contributed by atoms with Crippen LogP contribution in [-0.4, -0.2) is 18.8 Å². The molecule has 0 heterocycles. The molecular weight excluding hydrogens is 380 g/mol. The van der Waals surface area contributed by atoms with E-state index in [0.29, 0.717) is 0 Å². The van der Waals surface area contributed by atoms with Gasteiger partial charge in [-0.15, -0.1) is 0 Å². The molecule has 2 heteroatoms. The van der Waals surface area contributed by atoms with Crippen LogP contribution in [-0.2, 0) is 0 Å². The molecule has 1 aromatic carbocycles. The van der Waals surface area contributed by atoms with E-state index >= 15 is 0 Å². The van der Waals surface area contributed by atoms with E-state index in [2.05, 4.69) is 57.7 Å². The maximum atomic E-state index is 12.0. The van der Waals surface area contributed by atoms with Gasteiger partial charge in [-0.25, -0.2) is 0 Å². The monoisotopic (exact) mass is 428 g/mol. The van der Waals surface area contributed by atoms with E-state index < -0.39 is 13.7 Å². The average molecular weight is 429 g/mol. The standard InChI is InChI=1S/C28H48OSi/c1-5-8-21-30(22-9-6-2,23-10-7-3)24-27(28(29)19-15-12-16-20-28)25(4)26-17-13-11-14-18-26/h11,13-14,17-18,27,29H,4-10,12,15-16,19-24H2,1-3H3. The lowest BCUT2D eigenvalue weighted by molar-refractivity contribution is -0.0245. The molecule has 1 nitrogen and oxygen atoms in total. The van der Waals surface area contributed by atoms with Gasteiger partial charge in [0.15, 0.2) is 0 Å². The first-order valence-electron chi connectivity index (χ1n) is 13.0. The van der Waals surface area contributed by atoms with E-state index in [9.17, 15) is 5.11 Å². The molecule has 1 aliphatic rings. The summed E-state index contributed by atoms with van der Waals surface area (Å²) in [5.74, 6) is 0.234. The van der Waals surface area contributed by atoms with E-state index in [-0.39, 0.29) is 5.92 Å². The van der Waals surface area contributed by atoms with Gasteiger partial charge in [0.05, 0.1) is 13.7 Å². The van der Waals surface area contributed by atoms with Crippen molar-refractivity contribution in [1.82, 2.24) is 0 Å². The van der Waals surface area contributed by atoms with Crippen LogP contribution in [0.25, 0.3) is 5.57 Å². The van der Waals surface area contributed by atoms with Crippen LogP contribution >= 0.6 is 0 Å². The van der Waals surface area contributed by atoms with Gasteiger partial charge in [0.1, 0.15) is 0 Å². The topological polar surface area (TPSA) is 20.2 Å². The number of hydrogen-bond donors (Lipinski definition) is 1. The van der Waals surface area contributed by atoms with E-state index in [4.69, 9.17) is 0 Å². The summed E-state index contributed by atoms with van der Waals surface area (Å²) in [6.07, 6.45) is 13.5. The van der Waals surface area contributed by atoms with Crippen molar-refractivity contribution >= 4 is 13.6 Å². The lowest BCUT2D eigenvalue weighted by atomic mass is 9.72. The summed E-state index contributed by atoms with van der Waals surface area (Å²) in [6, 6.07) is 16.3. The lowest BCUT2D eigenvalue weighted by Crippen LogP contribution is -2.46. The first-order chi connectivity index (χ1) is 14.5. The third-order valence-corrected chi connectivity index (χ3v) is 13.3. The zero-order chi connectivity index (χ0) is 21.9. The first-order valence-corrected chi connectivity index (χ1v) is 15.8. The van der Waals surface area contributed by atoms with Crippen molar-refractivity contribution in [1.29, 1.82) is 0 Å². The van der Waals surface area contributed by atoms with Crippen LogP contribution in [0.3, 0.4) is 0 Å². The molecular formula is C28H48OSi. The van der Waals surface area contributed by atoms with Crippen molar-refractivity contribution in [3.63, 3.8) is 0 Å². The second kappa shape index (κ2) is 12.9. The second-order valence-electron chi connectivity index (χ2n) is 10.1. The summed E-state index contributed by atoms with van der Waals surface area (Å²) in [4.78, 5) is 0. The highest BCUT2D eigenvalue weighted by Gasteiger charge is 2.44. The van der Waals surface area contributed by atoms with Crippen LogP contribution in [0.15, 0.2) is 36.9 Å². The minimum absolute atomic E-state index is 0.234. The zero-order valence-corrected chi connectivity index (χ0v) is 21.2. The fourth-order valence-electron chi connectivity index (χ4n) is 5.77. The van der Waals surface area contributed by atoms with Gasteiger partial charge < -0.3 is 5.11 Å². The van der Waals surface area contributed by atoms with Crippen molar-refractivity contribution in [2.24, 2.45) is 5.92 Å². The number of hydrogen-bond acceptors (Lipinski definition) is 1. The third kappa shape index (κ3) is 7.09. The van der Waals surface area contributed by atoms with E-state index in [1.165, 1.54) is 93.1 Å². The summed E-state index contributed by atoms with van der Waals surface area (Å²) in [5.41, 5.74) is 1.90. The maximum Gasteiger partial charge on any atom is 0.0713 e. The summed E-state index contributed by atoms with van der Waals surface area (Å²) in [7, 11) is -1.47. The first kappa shape index (κ1) is 25.4. The Balaban J connectivity index is 2.40. The molecule has 0 aromatic heterocycles. The Morgan fingerprint density at radius 3 is 1.87 bits per heavy atom. The van der Waals surface area contributed by atoms with Gasteiger partial charge in [-0.2, -0.15) is 0 Å². The molecule has 1 N–H and O–H groups in total. The molecule has 0 aliphatic heterocycles. The molecule has 0 bridgehead atoms. The minimum Gasteiger partial charge on any atom is -0.389 e. The summed E-state index contributed by atoms with van der Waals surface area (Å²) in [5, 5.41) is 12.0. The van der Waals surface area contributed by atoms with Crippen LogP contribution in [0.1, 0.15) is 97.0 Å². The highest BCUT2D eigenvalue weighted by molar-refractivity contribution is 6.80. The molecule has 1 fully saturated rings. The van der Waals surface area contributed by atoms with E-state index in [1.54, 1.807) is 0 Å². The Bertz CT molecular complexity index is 581.